The predicted octanol–water partition coefficient (Wildman–Crippen LogP) is 1.21. The third-order valence-corrected chi connectivity index (χ3v) is 5.38. The first-order chi connectivity index (χ1) is 13.5. The third-order valence-electron chi connectivity index (χ3n) is 5.38. The van der Waals surface area contributed by atoms with Crippen LogP contribution in [0.4, 0.5) is 4.39 Å². The molecular weight excluding hydrogens is 357 g/mol. The molecule has 2 aromatic carbocycles. The summed E-state index contributed by atoms with van der Waals surface area (Å²) >= 11 is 0. The molecule has 2 aromatic rings. The second-order valence-electron chi connectivity index (χ2n) is 7.36. The van der Waals surface area contributed by atoms with E-state index >= 15 is 0 Å². The number of hydrogen-bond donors (Lipinski definition) is 1. The van der Waals surface area contributed by atoms with Crippen molar-refractivity contribution >= 4 is 11.8 Å². The molecule has 1 heterocycles. The SMILES string of the molecule is C[C@H](C(=O)N(C)Cc1cccc(F)c1)[NH+]1CCN(C(=O)c2ccccc2)CC1. The highest BCUT2D eigenvalue weighted by Crippen LogP contribution is 2.08. The summed E-state index contributed by atoms with van der Waals surface area (Å²) in [6, 6.07) is 15.4. The normalized spacial score (nSPS) is 15.9. The Hall–Kier alpha value is -2.73. The van der Waals surface area contributed by atoms with E-state index in [4.69, 9.17) is 0 Å². The van der Waals surface area contributed by atoms with Crippen molar-refractivity contribution in [3.05, 3.63) is 71.5 Å². The summed E-state index contributed by atoms with van der Waals surface area (Å²) in [4.78, 5) is 30.0. The Morgan fingerprint density at radius 2 is 1.79 bits per heavy atom. The molecule has 148 valence electrons. The van der Waals surface area contributed by atoms with Gasteiger partial charge < -0.3 is 14.7 Å². The van der Waals surface area contributed by atoms with Gasteiger partial charge in [-0.05, 0) is 36.8 Å². The van der Waals surface area contributed by atoms with Gasteiger partial charge in [0.1, 0.15) is 5.82 Å². The van der Waals surface area contributed by atoms with E-state index in [1.165, 1.54) is 17.0 Å². The zero-order valence-corrected chi connectivity index (χ0v) is 16.4. The average Bonchev–Trinajstić information content (AvgIpc) is 2.73. The molecule has 5 nitrogen and oxygen atoms in total. The Morgan fingerprint density at radius 3 is 2.43 bits per heavy atom. The zero-order chi connectivity index (χ0) is 20.1. The molecule has 1 aliphatic heterocycles. The quantitative estimate of drug-likeness (QED) is 0.842. The van der Waals surface area contributed by atoms with Crippen LogP contribution in [-0.4, -0.2) is 60.9 Å². The maximum absolute atomic E-state index is 13.4. The number of carbonyl (C=O) groups is 2. The fourth-order valence-corrected chi connectivity index (χ4v) is 3.69. The Labute approximate surface area is 165 Å². The number of benzene rings is 2. The van der Waals surface area contributed by atoms with Crippen molar-refractivity contribution in [1.29, 1.82) is 0 Å². The maximum Gasteiger partial charge on any atom is 0.280 e. The predicted molar refractivity (Wildman–Crippen MR) is 105 cm³/mol. The molecule has 0 radical (unpaired) electrons. The fraction of sp³-hybridized carbons (Fsp3) is 0.364. The van der Waals surface area contributed by atoms with E-state index in [1.54, 1.807) is 18.0 Å². The number of amides is 2. The first-order valence-electron chi connectivity index (χ1n) is 9.64. The topological polar surface area (TPSA) is 45.1 Å². The number of rotatable bonds is 5. The Morgan fingerprint density at radius 1 is 1.11 bits per heavy atom. The molecule has 0 bridgehead atoms. The molecular formula is C22H27FN3O2+. The van der Waals surface area contributed by atoms with Gasteiger partial charge in [-0.25, -0.2) is 4.39 Å². The summed E-state index contributed by atoms with van der Waals surface area (Å²) in [5.41, 5.74) is 1.47. The zero-order valence-electron chi connectivity index (χ0n) is 16.4. The minimum absolute atomic E-state index is 0.0297. The molecule has 3 rings (SSSR count). The lowest BCUT2D eigenvalue weighted by Gasteiger charge is -2.36. The minimum Gasteiger partial charge on any atom is -0.336 e. The highest BCUT2D eigenvalue weighted by Gasteiger charge is 2.32. The number of nitrogens with zero attached hydrogens (tertiary/aromatic N) is 2. The molecule has 0 unspecified atom stereocenters. The number of likely N-dealkylation sites (N-methyl/N-ethyl adjacent to an activating group) is 1. The van der Waals surface area contributed by atoms with E-state index in [-0.39, 0.29) is 23.7 Å². The van der Waals surface area contributed by atoms with Gasteiger partial charge in [0.05, 0.1) is 26.2 Å². The molecule has 0 spiro atoms. The van der Waals surface area contributed by atoms with Crippen LogP contribution in [0.1, 0.15) is 22.8 Å². The van der Waals surface area contributed by atoms with Gasteiger partial charge in [0.2, 0.25) is 0 Å². The van der Waals surface area contributed by atoms with Gasteiger partial charge in [0, 0.05) is 19.2 Å². The highest BCUT2D eigenvalue weighted by atomic mass is 19.1. The number of nitrogens with one attached hydrogen (secondary N) is 1. The fourth-order valence-electron chi connectivity index (χ4n) is 3.69. The van der Waals surface area contributed by atoms with Gasteiger partial charge in [-0.2, -0.15) is 0 Å². The number of carbonyl (C=O) groups excluding carboxylic acids is 2. The summed E-state index contributed by atoms with van der Waals surface area (Å²) in [6.45, 7) is 5.04. The highest BCUT2D eigenvalue weighted by molar-refractivity contribution is 5.94. The van der Waals surface area contributed by atoms with Gasteiger partial charge in [0.25, 0.3) is 11.8 Å². The molecule has 2 amide bonds. The summed E-state index contributed by atoms with van der Waals surface area (Å²) in [7, 11) is 1.75. The Kier molecular flexibility index (Phi) is 6.41. The smallest absolute Gasteiger partial charge is 0.280 e. The molecule has 0 saturated carbocycles. The monoisotopic (exact) mass is 384 g/mol. The number of quaternary nitrogens is 1. The lowest BCUT2D eigenvalue weighted by molar-refractivity contribution is -0.918. The first kappa shape index (κ1) is 20.0. The average molecular weight is 384 g/mol. The van der Waals surface area contributed by atoms with Crippen LogP contribution in [0.2, 0.25) is 0 Å². The minimum atomic E-state index is -0.295. The van der Waals surface area contributed by atoms with Crippen molar-refractivity contribution in [2.45, 2.75) is 19.5 Å². The van der Waals surface area contributed by atoms with Crippen LogP contribution < -0.4 is 4.90 Å². The summed E-state index contributed by atoms with van der Waals surface area (Å²) < 4.78 is 13.4. The van der Waals surface area contributed by atoms with Gasteiger partial charge in [-0.15, -0.1) is 0 Å². The Bertz CT molecular complexity index is 820. The van der Waals surface area contributed by atoms with Crippen molar-refractivity contribution in [2.24, 2.45) is 0 Å². The molecule has 6 heteroatoms. The molecule has 1 N–H and O–H groups in total. The van der Waals surface area contributed by atoms with Crippen LogP contribution in [0.3, 0.4) is 0 Å². The molecule has 28 heavy (non-hydrogen) atoms. The van der Waals surface area contributed by atoms with Crippen LogP contribution in [0.5, 0.6) is 0 Å². The number of halogens is 1. The Balaban J connectivity index is 1.53. The van der Waals surface area contributed by atoms with Crippen LogP contribution in [0.15, 0.2) is 54.6 Å². The van der Waals surface area contributed by atoms with Crippen molar-refractivity contribution in [3.63, 3.8) is 0 Å². The molecule has 1 aliphatic rings. The largest absolute Gasteiger partial charge is 0.336 e. The second-order valence-corrected chi connectivity index (χ2v) is 7.36. The van der Waals surface area contributed by atoms with E-state index in [2.05, 4.69) is 0 Å². The van der Waals surface area contributed by atoms with Crippen molar-refractivity contribution in [3.8, 4) is 0 Å². The number of piperazine rings is 1. The second kappa shape index (κ2) is 8.97. The van der Waals surface area contributed by atoms with Gasteiger partial charge in [0.15, 0.2) is 6.04 Å². The lowest BCUT2D eigenvalue weighted by Crippen LogP contribution is -3.19. The van der Waals surface area contributed by atoms with E-state index in [9.17, 15) is 14.0 Å². The van der Waals surface area contributed by atoms with Gasteiger partial charge >= 0.3 is 0 Å². The van der Waals surface area contributed by atoms with Gasteiger partial charge in [-0.1, -0.05) is 30.3 Å². The van der Waals surface area contributed by atoms with E-state index in [1.807, 2.05) is 48.2 Å². The molecule has 1 atom stereocenters. The van der Waals surface area contributed by atoms with Crippen LogP contribution >= 0.6 is 0 Å². The van der Waals surface area contributed by atoms with E-state index in [0.29, 0.717) is 25.2 Å². The molecule has 1 saturated heterocycles. The van der Waals surface area contributed by atoms with E-state index < -0.39 is 0 Å². The van der Waals surface area contributed by atoms with Crippen molar-refractivity contribution in [1.82, 2.24) is 9.80 Å². The molecule has 0 aromatic heterocycles. The maximum atomic E-state index is 13.4. The number of hydrogen-bond acceptors (Lipinski definition) is 2. The lowest BCUT2D eigenvalue weighted by atomic mass is 10.1. The molecule has 0 aliphatic carbocycles. The first-order valence-corrected chi connectivity index (χ1v) is 9.64. The third kappa shape index (κ3) is 4.75. The van der Waals surface area contributed by atoms with Crippen LogP contribution in [-0.2, 0) is 11.3 Å². The summed E-state index contributed by atoms with van der Waals surface area (Å²) in [6.07, 6.45) is 0. The van der Waals surface area contributed by atoms with Gasteiger partial charge in [-0.3, -0.25) is 9.59 Å². The van der Waals surface area contributed by atoms with Crippen molar-refractivity contribution in [2.75, 3.05) is 33.2 Å². The van der Waals surface area contributed by atoms with Crippen LogP contribution in [0.25, 0.3) is 0 Å². The van der Waals surface area contributed by atoms with Crippen LogP contribution in [0, 0.1) is 5.82 Å². The van der Waals surface area contributed by atoms with Crippen molar-refractivity contribution < 1.29 is 18.9 Å². The molecule has 1 fully saturated rings. The summed E-state index contributed by atoms with van der Waals surface area (Å²) in [5.74, 6) is -0.222. The summed E-state index contributed by atoms with van der Waals surface area (Å²) in [5, 5.41) is 0. The van der Waals surface area contributed by atoms with E-state index in [0.717, 1.165) is 18.7 Å². The standard InChI is InChI=1S/C22H26FN3O2/c1-17(21(27)24(2)16-18-7-6-10-20(23)15-18)25-11-13-26(14-12-25)22(28)19-8-4-3-5-9-19/h3-10,15,17H,11-14,16H2,1-2H3/p+1/t17-/m1/s1.